The number of methoxy groups -OCH3 is 1. The molecule has 0 bridgehead atoms. The smallest absolute Gasteiger partial charge is 0.407 e. The molecule has 12 heteroatoms. The van der Waals surface area contributed by atoms with Gasteiger partial charge in [-0.1, -0.05) is 0 Å². The molecule has 0 aliphatic carbocycles. The second-order valence-electron chi connectivity index (χ2n) is 8.80. The zero-order chi connectivity index (χ0) is 25.9. The Kier molecular flexibility index (Phi) is 8.47. The lowest BCUT2D eigenvalue weighted by Crippen LogP contribution is -2.53. The lowest BCUT2D eigenvalue weighted by molar-refractivity contribution is -0.125. The number of carbonyl (C=O) groups excluding carboxylic acids is 3. The molecule has 192 valence electrons. The predicted molar refractivity (Wildman–Crippen MR) is 131 cm³/mol. The first-order valence-corrected chi connectivity index (χ1v) is 12.3. The molecule has 2 aliphatic rings. The maximum Gasteiger partial charge on any atom is 0.407 e. The number of nitrogens with zero attached hydrogens (tertiary/aromatic N) is 3. The van der Waals surface area contributed by atoms with E-state index in [1.54, 1.807) is 24.0 Å². The zero-order valence-electron chi connectivity index (χ0n) is 20.2. The maximum absolute atomic E-state index is 13.8. The number of rotatable bonds is 6. The minimum absolute atomic E-state index is 0.148. The summed E-state index contributed by atoms with van der Waals surface area (Å²) in [5, 5.41) is 12.0. The number of benzene rings is 1. The highest BCUT2D eigenvalue weighted by molar-refractivity contribution is 9.10. The number of likely N-dealkylation sites (tertiary alicyclic amines) is 1. The topological polar surface area (TPSA) is 129 Å². The molecule has 0 spiro atoms. The number of carbonyl (C=O) groups is 4. The van der Waals surface area contributed by atoms with Crippen molar-refractivity contribution in [2.45, 2.75) is 51.8 Å². The summed E-state index contributed by atoms with van der Waals surface area (Å²) < 4.78 is 10.9. The molecule has 1 aromatic carbocycles. The van der Waals surface area contributed by atoms with E-state index in [0.29, 0.717) is 40.9 Å². The lowest BCUT2D eigenvalue weighted by atomic mass is 10.0. The van der Waals surface area contributed by atoms with E-state index in [-0.39, 0.29) is 43.5 Å². The second kappa shape index (κ2) is 11.1. The van der Waals surface area contributed by atoms with Gasteiger partial charge in [-0.3, -0.25) is 9.59 Å². The minimum Gasteiger partial charge on any atom is -0.479 e. The van der Waals surface area contributed by atoms with E-state index >= 15 is 0 Å². The SMILES string of the molecule is COC(=O)NCCN1C(=O)[C@@H](C)Oc2cc(Br)c(C(=O)N(C(C)C)[C@@H]3CCCN(C(=O)O)C3)cc21. The second-order valence-corrected chi connectivity index (χ2v) is 9.65. The molecule has 1 aromatic rings. The number of hydrogen-bond donors (Lipinski definition) is 2. The Hall–Kier alpha value is -3.02. The summed E-state index contributed by atoms with van der Waals surface area (Å²) in [6, 6.07) is 2.82. The van der Waals surface area contributed by atoms with Gasteiger partial charge in [0, 0.05) is 36.7 Å². The minimum atomic E-state index is -0.998. The number of amides is 4. The van der Waals surface area contributed by atoms with Crippen LogP contribution >= 0.6 is 15.9 Å². The molecule has 2 atom stereocenters. The number of nitrogens with one attached hydrogen (secondary N) is 1. The van der Waals surface area contributed by atoms with Crippen molar-refractivity contribution in [1.82, 2.24) is 15.1 Å². The molecule has 35 heavy (non-hydrogen) atoms. The van der Waals surface area contributed by atoms with E-state index in [2.05, 4.69) is 26.0 Å². The highest BCUT2D eigenvalue weighted by Crippen LogP contribution is 2.39. The summed E-state index contributed by atoms with van der Waals surface area (Å²) in [6.07, 6.45) is -0.978. The van der Waals surface area contributed by atoms with E-state index in [4.69, 9.17) is 4.74 Å². The Morgan fingerprint density at radius 2 is 2.06 bits per heavy atom. The van der Waals surface area contributed by atoms with E-state index in [1.165, 1.54) is 16.9 Å². The van der Waals surface area contributed by atoms with E-state index in [0.717, 1.165) is 0 Å². The third kappa shape index (κ3) is 5.80. The summed E-state index contributed by atoms with van der Waals surface area (Å²) >= 11 is 3.48. The van der Waals surface area contributed by atoms with Crippen LogP contribution in [0.4, 0.5) is 15.3 Å². The third-order valence-electron chi connectivity index (χ3n) is 6.13. The monoisotopic (exact) mass is 554 g/mol. The molecule has 2 heterocycles. The van der Waals surface area contributed by atoms with Crippen LogP contribution < -0.4 is 15.0 Å². The molecule has 0 aromatic heterocycles. The Balaban J connectivity index is 1.93. The van der Waals surface area contributed by atoms with Gasteiger partial charge in [0.05, 0.1) is 24.4 Å². The van der Waals surface area contributed by atoms with Crippen LogP contribution in [0.1, 0.15) is 44.0 Å². The quantitative estimate of drug-likeness (QED) is 0.553. The number of hydrogen-bond acceptors (Lipinski definition) is 6. The summed E-state index contributed by atoms with van der Waals surface area (Å²) in [5.41, 5.74) is 0.757. The van der Waals surface area contributed by atoms with Gasteiger partial charge in [0.1, 0.15) is 5.75 Å². The first-order valence-electron chi connectivity index (χ1n) is 11.5. The van der Waals surface area contributed by atoms with Crippen LogP contribution in [0.25, 0.3) is 0 Å². The van der Waals surface area contributed by atoms with Gasteiger partial charge < -0.3 is 34.6 Å². The van der Waals surface area contributed by atoms with Crippen LogP contribution in [0.15, 0.2) is 16.6 Å². The van der Waals surface area contributed by atoms with E-state index < -0.39 is 18.3 Å². The molecule has 1 fully saturated rings. The number of alkyl carbamates (subject to hydrolysis) is 1. The molecule has 0 saturated carbocycles. The largest absolute Gasteiger partial charge is 0.479 e. The lowest BCUT2D eigenvalue weighted by Gasteiger charge is -2.41. The molecule has 4 amide bonds. The normalized spacial score (nSPS) is 19.7. The van der Waals surface area contributed by atoms with Gasteiger partial charge in [-0.15, -0.1) is 0 Å². The fourth-order valence-corrected chi connectivity index (χ4v) is 4.97. The van der Waals surface area contributed by atoms with Crippen LogP contribution in [0.3, 0.4) is 0 Å². The Bertz CT molecular complexity index is 1000. The average molecular weight is 555 g/mol. The first-order chi connectivity index (χ1) is 16.5. The average Bonchev–Trinajstić information content (AvgIpc) is 2.81. The standard InChI is InChI=1S/C23H31BrN4O7/c1-13(2)28(15-6-5-8-26(12-15)23(32)33)21(30)16-10-18-19(11-17(16)24)35-14(3)20(29)27(18)9-7-25-22(31)34-4/h10-11,13-15H,5-9,12H2,1-4H3,(H,25,31)(H,32,33)/t14-,15-/m1/s1. The zero-order valence-corrected chi connectivity index (χ0v) is 21.8. The van der Waals surface area contributed by atoms with Gasteiger partial charge in [-0.05, 0) is 61.7 Å². The molecule has 11 nitrogen and oxygen atoms in total. The van der Waals surface area contributed by atoms with Crippen molar-refractivity contribution in [1.29, 1.82) is 0 Å². The van der Waals surface area contributed by atoms with Gasteiger partial charge in [0.2, 0.25) is 0 Å². The van der Waals surface area contributed by atoms with Crippen molar-refractivity contribution < 1.29 is 33.8 Å². The summed E-state index contributed by atoms with van der Waals surface area (Å²) in [7, 11) is 1.25. The summed E-state index contributed by atoms with van der Waals surface area (Å²) in [5.74, 6) is -0.134. The molecule has 0 unspecified atom stereocenters. The van der Waals surface area contributed by atoms with Crippen molar-refractivity contribution in [3.63, 3.8) is 0 Å². The first kappa shape index (κ1) is 26.6. The number of piperidine rings is 1. The number of anilines is 1. The van der Waals surface area contributed by atoms with Gasteiger partial charge >= 0.3 is 12.2 Å². The van der Waals surface area contributed by atoms with Crippen molar-refractivity contribution in [2.24, 2.45) is 0 Å². The van der Waals surface area contributed by atoms with Gasteiger partial charge in [0.15, 0.2) is 6.10 Å². The molecular formula is C23H31BrN4O7. The highest BCUT2D eigenvalue weighted by Gasteiger charge is 2.36. The number of carboxylic acid groups (broad SMARTS) is 1. The fourth-order valence-electron chi connectivity index (χ4n) is 4.48. The van der Waals surface area contributed by atoms with Gasteiger partial charge in [-0.2, -0.15) is 0 Å². The number of halogens is 1. The summed E-state index contributed by atoms with van der Waals surface area (Å²) in [6.45, 7) is 6.42. The number of ether oxygens (including phenoxy) is 2. The predicted octanol–water partition coefficient (Wildman–Crippen LogP) is 2.91. The van der Waals surface area contributed by atoms with Gasteiger partial charge in [0.25, 0.3) is 11.8 Å². The van der Waals surface area contributed by atoms with E-state index in [1.807, 2.05) is 13.8 Å². The van der Waals surface area contributed by atoms with Crippen LogP contribution in [0.2, 0.25) is 0 Å². The highest BCUT2D eigenvalue weighted by atomic mass is 79.9. The molecule has 2 aliphatic heterocycles. The number of fused-ring (bicyclic) bond motifs is 1. The maximum atomic E-state index is 13.8. The fraction of sp³-hybridized carbons (Fsp3) is 0.565. The van der Waals surface area contributed by atoms with Crippen LogP contribution in [-0.2, 0) is 9.53 Å². The van der Waals surface area contributed by atoms with Crippen molar-refractivity contribution in [3.8, 4) is 5.75 Å². The van der Waals surface area contributed by atoms with Crippen LogP contribution in [-0.4, -0.2) is 90.4 Å². The van der Waals surface area contributed by atoms with Crippen molar-refractivity contribution in [3.05, 3.63) is 22.2 Å². The third-order valence-corrected chi connectivity index (χ3v) is 6.78. The van der Waals surface area contributed by atoms with Crippen molar-refractivity contribution >= 4 is 45.6 Å². The molecule has 3 rings (SSSR count). The molecule has 0 radical (unpaired) electrons. The Morgan fingerprint density at radius 1 is 1.34 bits per heavy atom. The summed E-state index contributed by atoms with van der Waals surface area (Å²) in [4.78, 5) is 54.1. The van der Waals surface area contributed by atoms with Gasteiger partial charge in [-0.25, -0.2) is 9.59 Å². The molecule has 2 N–H and O–H groups in total. The van der Waals surface area contributed by atoms with Crippen LogP contribution in [0.5, 0.6) is 5.75 Å². The van der Waals surface area contributed by atoms with Crippen LogP contribution in [0, 0.1) is 0 Å². The Labute approximate surface area is 212 Å². The van der Waals surface area contributed by atoms with E-state index in [9.17, 15) is 24.3 Å². The molecular weight excluding hydrogens is 524 g/mol. The molecule has 1 saturated heterocycles. The van der Waals surface area contributed by atoms with Crippen molar-refractivity contribution in [2.75, 3.05) is 38.2 Å². The Morgan fingerprint density at radius 3 is 2.69 bits per heavy atom.